The Labute approximate surface area is 401 Å². The van der Waals surface area contributed by atoms with Gasteiger partial charge in [0.2, 0.25) is 18.2 Å². The Balaban J connectivity index is 0.000000539. The van der Waals surface area contributed by atoms with Crippen molar-refractivity contribution in [3.63, 3.8) is 0 Å². The molecule has 16 heteroatoms. The minimum Gasteiger partial charge on any atom is -0.453 e. The first kappa shape index (κ1) is 52.6. The van der Waals surface area contributed by atoms with Gasteiger partial charge in [0.05, 0.1) is 44.5 Å². The summed E-state index contributed by atoms with van der Waals surface area (Å²) in [5, 5.41) is 11.1. The second-order valence-electron chi connectivity index (χ2n) is 17.9. The van der Waals surface area contributed by atoms with E-state index in [1.165, 1.54) is 12.7 Å². The predicted octanol–water partition coefficient (Wildman–Crippen LogP) is 7.24. The summed E-state index contributed by atoms with van der Waals surface area (Å²) in [7, 11) is 6.52. The molecule has 3 saturated heterocycles. The lowest BCUT2D eigenvalue weighted by atomic mass is 10.0. The molecule has 3 aliphatic heterocycles. The number of morpholine rings is 1. The van der Waals surface area contributed by atoms with Crippen LogP contribution in [0.5, 0.6) is 0 Å². The van der Waals surface area contributed by atoms with E-state index in [-0.39, 0.29) is 41.8 Å². The topological polar surface area (TPSA) is 184 Å². The van der Waals surface area contributed by atoms with E-state index < -0.39 is 18.2 Å². The molecule has 16 nitrogen and oxygen atoms in total. The van der Waals surface area contributed by atoms with E-state index in [1.54, 1.807) is 14.2 Å². The number of pyridine rings is 1. The zero-order valence-corrected chi connectivity index (χ0v) is 40.8. The van der Waals surface area contributed by atoms with E-state index >= 15 is 0 Å². The Morgan fingerprint density at radius 2 is 1.31 bits per heavy atom. The molecule has 0 radical (unpaired) electrons. The average Bonchev–Trinajstić information content (AvgIpc) is 4.00. The number of aldehydes is 1. The van der Waals surface area contributed by atoms with Crippen LogP contribution < -0.4 is 31.1 Å². The van der Waals surface area contributed by atoms with Crippen LogP contribution in [0.3, 0.4) is 0 Å². The summed E-state index contributed by atoms with van der Waals surface area (Å²) < 4.78 is 14.1. The lowest BCUT2D eigenvalue weighted by Crippen LogP contribution is -2.43. The molecule has 3 aliphatic rings. The Hall–Kier alpha value is -6.36. The minimum absolute atomic E-state index is 0.0464. The summed E-state index contributed by atoms with van der Waals surface area (Å²) in [5.74, 6) is 0.825. The number of benzene rings is 3. The standard InChI is InChI=1S/C43H51N7O4.C7H13NO3.C2H6O/c1-29(2)41(45-28-51)43(53)47-35-15-8-32(9-16-35)38-20-19-37(31-6-13-34(14-7-31)46-42(52)39-5-4-22-48(39)3)50(38)36-17-10-30(11-18-36)33-12-21-40(44-27-33)49-23-25-54-26-24-49;1-5(2)6(4-9)8-7(10)11-3;1-3-2/h6-18,21,27-29,37-39,41H,4-5,19-20,22-26H2,1-3H3,(H,45,51)(H,46,52)(H,47,53);4-6H,1-3H3,(H,8,10);1-2H3. The van der Waals surface area contributed by atoms with Crippen molar-refractivity contribution >= 4 is 53.5 Å². The van der Waals surface area contributed by atoms with Crippen LogP contribution in [-0.4, -0.2) is 120 Å². The number of nitrogens with one attached hydrogen (secondary N) is 4. The van der Waals surface area contributed by atoms with E-state index in [2.05, 4.69) is 106 Å². The zero-order chi connectivity index (χ0) is 49.2. The van der Waals surface area contributed by atoms with Crippen LogP contribution in [0.25, 0.3) is 11.1 Å². The number of ether oxygens (including phenoxy) is 3. The fourth-order valence-electron chi connectivity index (χ4n) is 8.65. The predicted molar refractivity (Wildman–Crippen MR) is 267 cm³/mol. The van der Waals surface area contributed by atoms with Gasteiger partial charge >= 0.3 is 6.09 Å². The molecule has 3 fully saturated rings. The van der Waals surface area contributed by atoms with Crippen molar-refractivity contribution < 1.29 is 38.2 Å². The molecule has 0 aliphatic carbocycles. The summed E-state index contributed by atoms with van der Waals surface area (Å²) in [6.07, 6.45) is 6.46. The van der Waals surface area contributed by atoms with Gasteiger partial charge in [-0.1, -0.05) is 64.1 Å². The molecule has 7 rings (SSSR count). The third kappa shape index (κ3) is 14.3. The number of rotatable bonds is 15. The maximum atomic E-state index is 13.0. The SMILES string of the molecule is CC(C)C(NC=O)C(=O)Nc1ccc(C2CCC(c3ccc(NC(=O)C4CCCN4C)cc3)N2c2ccc(-c3ccc(N4CCOCC4)nc3)cc2)cc1.COC.COC(=O)NC(C=O)C(C)C. The molecule has 4 aromatic rings. The highest BCUT2D eigenvalue weighted by molar-refractivity contribution is 5.96. The van der Waals surface area contributed by atoms with Crippen molar-refractivity contribution in [3.8, 4) is 11.1 Å². The number of anilines is 4. The number of nitrogens with zero attached hydrogens (tertiary/aromatic N) is 4. The van der Waals surface area contributed by atoms with Crippen LogP contribution in [0.2, 0.25) is 0 Å². The van der Waals surface area contributed by atoms with Crippen LogP contribution in [0, 0.1) is 11.8 Å². The van der Waals surface area contributed by atoms with Crippen molar-refractivity contribution in [3.05, 3.63) is 102 Å². The maximum absolute atomic E-state index is 13.0. The normalized spacial score (nSPS) is 18.8. The molecule has 1 aromatic heterocycles. The van der Waals surface area contributed by atoms with Gasteiger partial charge in [-0.25, -0.2) is 9.78 Å². The lowest BCUT2D eigenvalue weighted by Gasteiger charge is -2.33. The highest BCUT2D eigenvalue weighted by atomic mass is 16.5. The molecule has 366 valence electrons. The van der Waals surface area contributed by atoms with Gasteiger partial charge in [-0.2, -0.15) is 0 Å². The molecule has 0 saturated carbocycles. The molecule has 4 amide bonds. The Bertz CT molecular complexity index is 2200. The number of aromatic nitrogens is 1. The molecular formula is C52H70N8O8. The summed E-state index contributed by atoms with van der Waals surface area (Å²) in [5.41, 5.74) is 7.11. The zero-order valence-electron chi connectivity index (χ0n) is 40.8. The summed E-state index contributed by atoms with van der Waals surface area (Å²) >= 11 is 0. The van der Waals surface area contributed by atoms with Crippen molar-refractivity contribution in [2.45, 2.75) is 83.6 Å². The largest absolute Gasteiger partial charge is 0.453 e. The number of likely N-dealkylation sites (N-methyl/N-ethyl adjacent to an activating group) is 1. The summed E-state index contributed by atoms with van der Waals surface area (Å²) in [4.78, 5) is 69.6. The molecule has 3 aromatic carbocycles. The molecule has 4 N–H and O–H groups in total. The number of hydrogen-bond acceptors (Lipinski definition) is 12. The molecule has 68 heavy (non-hydrogen) atoms. The number of carbonyl (C=O) groups excluding carboxylic acids is 5. The molecule has 5 unspecified atom stereocenters. The Morgan fingerprint density at radius 3 is 1.78 bits per heavy atom. The van der Waals surface area contributed by atoms with Gasteiger partial charge in [-0.3, -0.25) is 19.3 Å². The minimum atomic E-state index is -0.613. The summed E-state index contributed by atoms with van der Waals surface area (Å²) in [6, 6.07) is 28.4. The second-order valence-corrected chi connectivity index (χ2v) is 17.9. The summed E-state index contributed by atoms with van der Waals surface area (Å²) in [6.45, 7) is 11.6. The maximum Gasteiger partial charge on any atom is 0.407 e. The van der Waals surface area contributed by atoms with Crippen LogP contribution in [0.15, 0.2) is 91.1 Å². The van der Waals surface area contributed by atoms with E-state index in [0.29, 0.717) is 18.4 Å². The number of alkyl carbamates (subject to hydrolysis) is 1. The van der Waals surface area contributed by atoms with Crippen LogP contribution >= 0.6 is 0 Å². The van der Waals surface area contributed by atoms with Gasteiger partial charge in [0.25, 0.3) is 0 Å². The number of carbonyl (C=O) groups is 5. The highest BCUT2D eigenvalue weighted by Gasteiger charge is 2.36. The monoisotopic (exact) mass is 935 g/mol. The van der Waals surface area contributed by atoms with E-state index in [4.69, 9.17) is 9.72 Å². The van der Waals surface area contributed by atoms with Gasteiger partial charge in [-0.05, 0) is 116 Å². The van der Waals surface area contributed by atoms with Gasteiger partial charge < -0.3 is 50.1 Å². The van der Waals surface area contributed by atoms with Gasteiger partial charge in [0, 0.05) is 56.1 Å². The first-order valence-corrected chi connectivity index (χ1v) is 23.4. The number of amides is 4. The Morgan fingerprint density at radius 1 is 0.735 bits per heavy atom. The van der Waals surface area contributed by atoms with Crippen LogP contribution in [0.4, 0.5) is 27.7 Å². The molecule has 4 heterocycles. The quantitative estimate of drug-likeness (QED) is 0.0879. The van der Waals surface area contributed by atoms with E-state index in [9.17, 15) is 24.0 Å². The smallest absolute Gasteiger partial charge is 0.407 e. The molecule has 5 atom stereocenters. The van der Waals surface area contributed by atoms with Crippen molar-refractivity contribution in [1.82, 2.24) is 20.5 Å². The van der Waals surface area contributed by atoms with Crippen molar-refractivity contribution in [2.75, 3.05) is 81.7 Å². The van der Waals surface area contributed by atoms with Gasteiger partial charge in [-0.15, -0.1) is 0 Å². The Kier molecular flexibility index (Phi) is 20.3. The third-order valence-electron chi connectivity index (χ3n) is 12.4. The first-order chi connectivity index (χ1) is 32.8. The second kappa shape index (κ2) is 26.3. The number of hydrogen-bond donors (Lipinski definition) is 4. The third-order valence-corrected chi connectivity index (χ3v) is 12.4. The molecular weight excluding hydrogens is 865 g/mol. The van der Waals surface area contributed by atoms with E-state index in [0.717, 1.165) is 92.4 Å². The number of likely N-dealkylation sites (tertiary alicyclic amines) is 1. The fraction of sp³-hybridized carbons (Fsp3) is 0.462. The van der Waals surface area contributed by atoms with Gasteiger partial charge in [0.15, 0.2) is 0 Å². The fourth-order valence-corrected chi connectivity index (χ4v) is 8.65. The number of methoxy groups -OCH3 is 2. The van der Waals surface area contributed by atoms with Crippen molar-refractivity contribution in [2.24, 2.45) is 11.8 Å². The average molecular weight is 935 g/mol. The lowest BCUT2D eigenvalue weighted by molar-refractivity contribution is -0.122. The first-order valence-electron chi connectivity index (χ1n) is 23.4. The highest BCUT2D eigenvalue weighted by Crippen LogP contribution is 2.47. The molecule has 0 spiro atoms. The van der Waals surface area contributed by atoms with Crippen LogP contribution in [-0.2, 0) is 33.4 Å². The van der Waals surface area contributed by atoms with Gasteiger partial charge in [0.1, 0.15) is 18.1 Å². The van der Waals surface area contributed by atoms with Crippen molar-refractivity contribution in [1.29, 1.82) is 0 Å². The van der Waals surface area contributed by atoms with E-state index in [1.807, 2.05) is 65.2 Å². The van der Waals surface area contributed by atoms with Crippen LogP contribution in [0.1, 0.15) is 76.6 Å². The molecule has 0 bridgehead atoms.